The Hall–Kier alpha value is -2.07. The third-order valence-electron chi connectivity index (χ3n) is 2.63. The summed E-state index contributed by atoms with van der Waals surface area (Å²) in [7, 11) is 2.98. The van der Waals surface area contributed by atoms with Crippen LogP contribution >= 0.6 is 12.2 Å². The molecule has 2 heterocycles. The number of aryl methyl sites for hydroxylation is 1. The number of imidazole rings is 1. The van der Waals surface area contributed by atoms with Crippen molar-refractivity contribution in [3.8, 4) is 12.3 Å². The number of nitrogens with one attached hydrogen (secondary N) is 1. The summed E-state index contributed by atoms with van der Waals surface area (Å²) in [4.78, 5) is 26.5. The lowest BCUT2D eigenvalue weighted by molar-refractivity contribution is 0.704. The molecule has 0 fully saturated rings. The fraction of sp³-hybridized carbons (Fsp3) is 0.300. The molecule has 0 atom stereocenters. The van der Waals surface area contributed by atoms with Gasteiger partial charge in [0.1, 0.15) is 5.65 Å². The number of terminal acetylenes is 1. The molecule has 0 amide bonds. The van der Waals surface area contributed by atoms with E-state index in [0.717, 1.165) is 4.57 Å². The average molecular weight is 250 g/mol. The lowest BCUT2D eigenvalue weighted by Gasteiger charge is -2.04. The van der Waals surface area contributed by atoms with Gasteiger partial charge >= 0.3 is 5.69 Å². The van der Waals surface area contributed by atoms with Crippen LogP contribution in [-0.2, 0) is 20.6 Å². The van der Waals surface area contributed by atoms with Crippen LogP contribution in [0.25, 0.3) is 11.2 Å². The van der Waals surface area contributed by atoms with E-state index in [0.29, 0.717) is 15.9 Å². The highest BCUT2D eigenvalue weighted by Crippen LogP contribution is 2.06. The summed E-state index contributed by atoms with van der Waals surface area (Å²) in [6, 6.07) is 0. The predicted octanol–water partition coefficient (Wildman–Crippen LogP) is -0.271. The minimum absolute atomic E-state index is 0.187. The molecule has 0 aliphatic rings. The van der Waals surface area contributed by atoms with Gasteiger partial charge in [0.25, 0.3) is 5.56 Å². The zero-order valence-corrected chi connectivity index (χ0v) is 10.2. The maximum atomic E-state index is 12.0. The molecule has 0 bridgehead atoms. The van der Waals surface area contributed by atoms with E-state index in [1.165, 1.54) is 16.2 Å². The SMILES string of the molecule is C#CCn1c(=S)[nH]c2c1c(=O)n(C)c(=O)n2C. The Morgan fingerprint density at radius 3 is 2.59 bits per heavy atom. The van der Waals surface area contributed by atoms with E-state index in [9.17, 15) is 9.59 Å². The van der Waals surface area contributed by atoms with E-state index in [1.54, 1.807) is 7.05 Å². The number of hydrogen-bond acceptors (Lipinski definition) is 3. The van der Waals surface area contributed by atoms with Gasteiger partial charge in [0.05, 0.1) is 6.54 Å². The van der Waals surface area contributed by atoms with Gasteiger partial charge in [0, 0.05) is 14.1 Å². The van der Waals surface area contributed by atoms with E-state index in [2.05, 4.69) is 10.9 Å². The second-order valence-corrected chi connectivity index (χ2v) is 4.01. The van der Waals surface area contributed by atoms with Crippen LogP contribution in [0.3, 0.4) is 0 Å². The number of fused-ring (bicyclic) bond motifs is 1. The molecule has 0 unspecified atom stereocenters. The van der Waals surface area contributed by atoms with E-state index in [-0.39, 0.29) is 6.54 Å². The number of aromatic amines is 1. The van der Waals surface area contributed by atoms with Crippen molar-refractivity contribution in [2.75, 3.05) is 0 Å². The highest BCUT2D eigenvalue weighted by Gasteiger charge is 2.14. The number of aromatic nitrogens is 4. The van der Waals surface area contributed by atoms with Gasteiger partial charge in [0.2, 0.25) is 0 Å². The zero-order chi connectivity index (χ0) is 12.7. The topological polar surface area (TPSA) is 64.7 Å². The standard InChI is InChI=1S/C10H10N4O2S/c1-4-5-14-6-7(11-9(14)17)12(2)10(16)13(3)8(6)15/h1H,5H2,2-3H3,(H,11,17). The van der Waals surface area contributed by atoms with Crippen molar-refractivity contribution < 1.29 is 0 Å². The van der Waals surface area contributed by atoms with Crippen molar-refractivity contribution in [1.82, 2.24) is 18.7 Å². The summed E-state index contributed by atoms with van der Waals surface area (Å²) in [6.45, 7) is 0.187. The molecule has 2 aromatic heterocycles. The highest BCUT2D eigenvalue weighted by atomic mass is 32.1. The van der Waals surface area contributed by atoms with Gasteiger partial charge in [-0.2, -0.15) is 0 Å². The maximum absolute atomic E-state index is 12.0. The number of H-pyrrole nitrogens is 1. The minimum Gasteiger partial charge on any atom is -0.316 e. The molecule has 0 saturated heterocycles. The summed E-state index contributed by atoms with van der Waals surface area (Å²) in [5, 5.41) is 0. The van der Waals surface area contributed by atoms with Crippen molar-refractivity contribution >= 4 is 23.4 Å². The van der Waals surface area contributed by atoms with Crippen LogP contribution in [0, 0.1) is 17.1 Å². The first-order valence-electron chi connectivity index (χ1n) is 4.81. The van der Waals surface area contributed by atoms with Crippen molar-refractivity contribution in [1.29, 1.82) is 0 Å². The predicted molar refractivity (Wildman–Crippen MR) is 66.4 cm³/mol. The smallest absolute Gasteiger partial charge is 0.316 e. The van der Waals surface area contributed by atoms with Gasteiger partial charge in [-0.25, -0.2) is 4.79 Å². The monoisotopic (exact) mass is 250 g/mol. The average Bonchev–Trinajstić information content (AvgIpc) is 2.62. The molecule has 17 heavy (non-hydrogen) atoms. The number of rotatable bonds is 1. The van der Waals surface area contributed by atoms with Crippen LogP contribution in [0.5, 0.6) is 0 Å². The van der Waals surface area contributed by atoms with Gasteiger partial charge < -0.3 is 4.98 Å². The largest absolute Gasteiger partial charge is 0.332 e. The quantitative estimate of drug-likeness (QED) is 0.559. The molecule has 0 radical (unpaired) electrons. The molecular weight excluding hydrogens is 240 g/mol. The minimum atomic E-state index is -0.411. The van der Waals surface area contributed by atoms with Gasteiger partial charge in [-0.05, 0) is 12.2 Å². The Kier molecular flexibility index (Phi) is 2.52. The van der Waals surface area contributed by atoms with E-state index < -0.39 is 11.2 Å². The summed E-state index contributed by atoms with van der Waals surface area (Å²) >= 11 is 5.07. The normalized spacial score (nSPS) is 10.6. The Labute approximate surface area is 101 Å². The van der Waals surface area contributed by atoms with Gasteiger partial charge in [-0.3, -0.25) is 18.5 Å². The molecule has 7 heteroatoms. The summed E-state index contributed by atoms with van der Waals surface area (Å²) < 4.78 is 4.19. The zero-order valence-electron chi connectivity index (χ0n) is 9.35. The van der Waals surface area contributed by atoms with Crippen LogP contribution in [0.2, 0.25) is 0 Å². The van der Waals surface area contributed by atoms with Gasteiger partial charge in [-0.1, -0.05) is 5.92 Å². The summed E-state index contributed by atoms with van der Waals surface area (Å²) in [5.41, 5.74) is -0.117. The van der Waals surface area contributed by atoms with E-state index in [1.807, 2.05) is 0 Å². The second-order valence-electron chi connectivity index (χ2n) is 3.62. The fourth-order valence-electron chi connectivity index (χ4n) is 1.73. The fourth-order valence-corrected chi connectivity index (χ4v) is 1.98. The third kappa shape index (κ3) is 1.45. The first kappa shape index (κ1) is 11.4. The molecule has 0 aromatic carbocycles. The van der Waals surface area contributed by atoms with Crippen molar-refractivity contribution in [2.24, 2.45) is 14.1 Å². The van der Waals surface area contributed by atoms with E-state index >= 15 is 0 Å². The second kappa shape index (κ2) is 3.75. The van der Waals surface area contributed by atoms with Crippen LogP contribution in [0.1, 0.15) is 0 Å². The molecular formula is C10H10N4O2S. The van der Waals surface area contributed by atoms with Crippen LogP contribution in [0.15, 0.2) is 9.59 Å². The first-order chi connectivity index (χ1) is 7.99. The molecule has 2 rings (SSSR count). The molecule has 1 N–H and O–H groups in total. The first-order valence-corrected chi connectivity index (χ1v) is 5.22. The molecule has 0 spiro atoms. The van der Waals surface area contributed by atoms with Crippen LogP contribution in [0.4, 0.5) is 0 Å². The van der Waals surface area contributed by atoms with Crippen molar-refractivity contribution in [2.45, 2.75) is 6.54 Å². The summed E-state index contributed by atoms with van der Waals surface area (Å²) in [5.74, 6) is 2.42. The molecule has 0 saturated carbocycles. The Balaban J connectivity index is 3.15. The Bertz CT molecular complexity index is 812. The van der Waals surface area contributed by atoms with E-state index in [4.69, 9.17) is 18.6 Å². The molecule has 88 valence electrons. The number of nitrogens with zero attached hydrogens (tertiary/aromatic N) is 3. The lowest BCUT2D eigenvalue weighted by atomic mass is 10.5. The Morgan fingerprint density at radius 2 is 2.00 bits per heavy atom. The third-order valence-corrected chi connectivity index (χ3v) is 2.95. The molecule has 2 aromatic rings. The van der Waals surface area contributed by atoms with Gasteiger partial charge in [-0.15, -0.1) is 6.42 Å². The maximum Gasteiger partial charge on any atom is 0.332 e. The van der Waals surface area contributed by atoms with Crippen LogP contribution < -0.4 is 11.2 Å². The lowest BCUT2D eigenvalue weighted by Crippen LogP contribution is -2.37. The van der Waals surface area contributed by atoms with Crippen molar-refractivity contribution in [3.05, 3.63) is 25.6 Å². The summed E-state index contributed by atoms with van der Waals surface area (Å²) in [6.07, 6.45) is 5.23. The Morgan fingerprint density at radius 1 is 1.35 bits per heavy atom. The molecule has 6 nitrogen and oxygen atoms in total. The van der Waals surface area contributed by atoms with Gasteiger partial charge in [0.15, 0.2) is 10.3 Å². The van der Waals surface area contributed by atoms with Crippen molar-refractivity contribution in [3.63, 3.8) is 0 Å². The number of hydrogen-bond donors (Lipinski definition) is 1. The highest BCUT2D eigenvalue weighted by molar-refractivity contribution is 7.71. The molecule has 0 aliphatic carbocycles. The van der Waals surface area contributed by atoms with Crippen LogP contribution in [-0.4, -0.2) is 18.7 Å². The molecule has 0 aliphatic heterocycles.